The highest BCUT2D eigenvalue weighted by molar-refractivity contribution is 8.00. The second-order valence-electron chi connectivity index (χ2n) is 8.61. The van der Waals surface area contributed by atoms with Gasteiger partial charge in [0.2, 0.25) is 0 Å². The first-order valence-corrected chi connectivity index (χ1v) is 11.9. The van der Waals surface area contributed by atoms with E-state index in [2.05, 4.69) is 48.3 Å². The molecule has 0 bridgehead atoms. The molecule has 2 aliphatic carbocycles. The van der Waals surface area contributed by atoms with Crippen LogP contribution in [0.2, 0.25) is 0 Å². The van der Waals surface area contributed by atoms with Crippen molar-refractivity contribution in [3.63, 3.8) is 0 Å². The first-order valence-electron chi connectivity index (χ1n) is 10.9. The average Bonchev–Trinajstić information content (AvgIpc) is 3.23. The first-order chi connectivity index (χ1) is 14.7. The molecular formula is C26H28N2OS. The number of thioether (sulfide) groups is 1. The molecule has 1 aliphatic heterocycles. The minimum absolute atomic E-state index is 0.0171. The zero-order valence-electron chi connectivity index (χ0n) is 17.3. The van der Waals surface area contributed by atoms with Gasteiger partial charge in [-0.05, 0) is 30.4 Å². The van der Waals surface area contributed by atoms with Crippen molar-refractivity contribution in [1.29, 1.82) is 0 Å². The van der Waals surface area contributed by atoms with Gasteiger partial charge in [0.15, 0.2) is 5.50 Å². The van der Waals surface area contributed by atoms with Crippen LogP contribution >= 0.6 is 11.8 Å². The summed E-state index contributed by atoms with van der Waals surface area (Å²) in [6.45, 7) is 4.51. The minimum Gasteiger partial charge on any atom is -0.356 e. The fourth-order valence-electron chi connectivity index (χ4n) is 5.41. The van der Waals surface area contributed by atoms with Gasteiger partial charge >= 0.3 is 0 Å². The van der Waals surface area contributed by atoms with Crippen molar-refractivity contribution in [2.45, 2.75) is 44.1 Å². The maximum atomic E-state index is 14.1. The van der Waals surface area contributed by atoms with Gasteiger partial charge in [-0.25, -0.2) is 0 Å². The number of benzene rings is 2. The molecule has 0 aromatic heterocycles. The van der Waals surface area contributed by atoms with E-state index in [-0.39, 0.29) is 16.8 Å². The lowest BCUT2D eigenvalue weighted by molar-refractivity contribution is -0.130. The lowest BCUT2D eigenvalue weighted by atomic mass is 9.67. The van der Waals surface area contributed by atoms with E-state index in [0.717, 1.165) is 41.8 Å². The van der Waals surface area contributed by atoms with Crippen LogP contribution < -0.4 is 5.32 Å². The van der Waals surface area contributed by atoms with Gasteiger partial charge in [0.1, 0.15) is 0 Å². The van der Waals surface area contributed by atoms with E-state index in [9.17, 15) is 4.79 Å². The lowest BCUT2D eigenvalue weighted by Gasteiger charge is -2.47. The Hall–Kier alpha value is -2.46. The monoisotopic (exact) mass is 416 g/mol. The summed E-state index contributed by atoms with van der Waals surface area (Å²) in [7, 11) is 0. The summed E-state index contributed by atoms with van der Waals surface area (Å²) in [6, 6.07) is 19.0. The van der Waals surface area contributed by atoms with E-state index >= 15 is 0 Å². The number of rotatable bonds is 5. The van der Waals surface area contributed by atoms with Gasteiger partial charge in [-0.1, -0.05) is 73.5 Å². The molecule has 1 atom stereocenters. The lowest BCUT2D eigenvalue weighted by Crippen LogP contribution is -2.54. The number of hydrogen-bond acceptors (Lipinski definition) is 3. The summed E-state index contributed by atoms with van der Waals surface area (Å²) in [5, 5.41) is 3.80. The zero-order chi connectivity index (χ0) is 20.6. The predicted octanol–water partition coefficient (Wildman–Crippen LogP) is 5.35. The van der Waals surface area contributed by atoms with Gasteiger partial charge in [0, 0.05) is 28.8 Å². The molecule has 1 fully saturated rings. The van der Waals surface area contributed by atoms with Crippen LogP contribution in [0.15, 0.2) is 72.8 Å². The Labute approximate surface area is 183 Å². The quantitative estimate of drug-likeness (QED) is 0.667. The van der Waals surface area contributed by atoms with Crippen LogP contribution in [-0.4, -0.2) is 22.1 Å². The molecule has 1 heterocycles. The molecule has 0 saturated heterocycles. The predicted molar refractivity (Wildman–Crippen MR) is 125 cm³/mol. The molecule has 3 aliphatic rings. The number of carbonyl (C=O) groups is 1. The second-order valence-corrected chi connectivity index (χ2v) is 9.72. The van der Waals surface area contributed by atoms with E-state index in [1.165, 1.54) is 24.0 Å². The van der Waals surface area contributed by atoms with Crippen LogP contribution in [-0.2, 0) is 17.8 Å². The summed E-state index contributed by atoms with van der Waals surface area (Å²) in [5.74, 6) is 1.01. The molecule has 1 N–H and O–H groups in total. The second kappa shape index (κ2) is 7.99. The van der Waals surface area contributed by atoms with Crippen molar-refractivity contribution in [2.75, 3.05) is 5.75 Å². The number of hydrogen-bond donors (Lipinski definition) is 1. The third-order valence-electron chi connectivity index (χ3n) is 6.75. The Kier molecular flexibility index (Phi) is 5.20. The van der Waals surface area contributed by atoms with Crippen LogP contribution in [0.5, 0.6) is 0 Å². The third-order valence-corrected chi connectivity index (χ3v) is 7.87. The summed E-state index contributed by atoms with van der Waals surface area (Å²) in [4.78, 5) is 16.1. The van der Waals surface area contributed by atoms with Crippen LogP contribution in [0.1, 0.15) is 42.4 Å². The zero-order valence-corrected chi connectivity index (χ0v) is 18.1. The molecule has 0 unspecified atom stereocenters. The largest absolute Gasteiger partial charge is 0.356 e. The third kappa shape index (κ3) is 3.27. The summed E-state index contributed by atoms with van der Waals surface area (Å²) >= 11 is 1.73. The molecule has 30 heavy (non-hydrogen) atoms. The average molecular weight is 417 g/mol. The van der Waals surface area contributed by atoms with Crippen molar-refractivity contribution in [2.24, 2.45) is 5.41 Å². The van der Waals surface area contributed by atoms with Crippen LogP contribution in [0, 0.1) is 5.41 Å². The Balaban J connectivity index is 1.61. The van der Waals surface area contributed by atoms with Gasteiger partial charge < -0.3 is 10.2 Å². The molecular weight excluding hydrogens is 388 g/mol. The van der Waals surface area contributed by atoms with E-state index in [4.69, 9.17) is 0 Å². The number of amides is 1. The highest BCUT2D eigenvalue weighted by atomic mass is 32.2. The van der Waals surface area contributed by atoms with Crippen LogP contribution in [0.4, 0.5) is 0 Å². The highest BCUT2D eigenvalue weighted by Gasteiger charge is 2.50. The maximum absolute atomic E-state index is 14.1. The van der Waals surface area contributed by atoms with Crippen molar-refractivity contribution in [3.05, 3.63) is 89.5 Å². The fraction of sp³-hybridized carbons (Fsp3) is 0.346. The Bertz CT molecular complexity index is 991. The SMILES string of the molecule is C=CCS[C@H]1NC2=C(C(=O)N1Cc1ccccc1)C1(CCCC1)Cc1ccccc12. The van der Waals surface area contributed by atoms with E-state index in [1.54, 1.807) is 11.8 Å². The van der Waals surface area contributed by atoms with Crippen LogP contribution in [0.3, 0.4) is 0 Å². The minimum atomic E-state index is -0.0981. The van der Waals surface area contributed by atoms with Gasteiger partial charge in [-0.2, -0.15) is 0 Å². The maximum Gasteiger partial charge on any atom is 0.255 e. The molecule has 154 valence electrons. The van der Waals surface area contributed by atoms with E-state index in [0.29, 0.717) is 6.54 Å². The molecule has 2 aromatic rings. The van der Waals surface area contributed by atoms with E-state index < -0.39 is 0 Å². The standard InChI is InChI=1S/C26H28N2OS/c1-2-16-30-25-27-23-21-13-7-6-12-20(21)17-26(14-8-9-15-26)22(23)24(29)28(25)18-19-10-4-3-5-11-19/h2-7,10-13,25,27H,1,8-9,14-18H2/t25-/m0/s1. The number of carbonyl (C=O) groups excluding carboxylic acids is 1. The summed E-state index contributed by atoms with van der Waals surface area (Å²) in [5.41, 5.74) is 5.75. The normalized spacial score (nSPS) is 21.9. The first kappa shape index (κ1) is 19.5. The molecule has 4 heteroatoms. The number of nitrogens with zero attached hydrogens (tertiary/aromatic N) is 1. The molecule has 0 radical (unpaired) electrons. The van der Waals surface area contributed by atoms with Crippen molar-refractivity contribution < 1.29 is 4.79 Å². The number of nitrogens with one attached hydrogen (secondary N) is 1. The Morgan fingerprint density at radius 1 is 1.10 bits per heavy atom. The fourth-order valence-corrected chi connectivity index (χ4v) is 6.28. The molecule has 3 nitrogen and oxygen atoms in total. The molecule has 5 rings (SSSR count). The molecule has 1 amide bonds. The number of fused-ring (bicyclic) bond motifs is 3. The van der Waals surface area contributed by atoms with Crippen molar-refractivity contribution >= 4 is 23.4 Å². The molecule has 1 saturated carbocycles. The van der Waals surface area contributed by atoms with Crippen molar-refractivity contribution in [1.82, 2.24) is 10.2 Å². The molecule has 1 spiro atoms. The summed E-state index contributed by atoms with van der Waals surface area (Å²) < 4.78 is 0. The van der Waals surface area contributed by atoms with Gasteiger partial charge in [-0.15, -0.1) is 18.3 Å². The van der Waals surface area contributed by atoms with Gasteiger partial charge in [0.05, 0.1) is 5.70 Å². The van der Waals surface area contributed by atoms with E-state index in [1.807, 2.05) is 29.2 Å². The van der Waals surface area contributed by atoms with Gasteiger partial charge in [0.25, 0.3) is 5.91 Å². The Morgan fingerprint density at radius 3 is 2.60 bits per heavy atom. The summed E-state index contributed by atoms with van der Waals surface area (Å²) in [6.07, 6.45) is 7.53. The Morgan fingerprint density at radius 2 is 1.83 bits per heavy atom. The smallest absolute Gasteiger partial charge is 0.255 e. The van der Waals surface area contributed by atoms with Gasteiger partial charge in [-0.3, -0.25) is 4.79 Å². The van der Waals surface area contributed by atoms with Crippen molar-refractivity contribution in [3.8, 4) is 0 Å². The van der Waals surface area contributed by atoms with Crippen LogP contribution in [0.25, 0.3) is 5.70 Å². The molecule has 2 aromatic carbocycles. The topological polar surface area (TPSA) is 32.3 Å². The highest BCUT2D eigenvalue weighted by Crippen LogP contribution is 2.54.